The lowest BCUT2D eigenvalue weighted by molar-refractivity contribution is 0.0524. The molecule has 0 atom stereocenters. The van der Waals surface area contributed by atoms with Gasteiger partial charge in [0.15, 0.2) is 0 Å². The Morgan fingerprint density at radius 2 is 2.14 bits per heavy atom. The molecule has 1 rings (SSSR count). The van der Waals surface area contributed by atoms with Gasteiger partial charge in [-0.2, -0.15) is 0 Å². The smallest absolute Gasteiger partial charge is 0.341 e. The van der Waals surface area contributed by atoms with Gasteiger partial charge in [0.25, 0.3) is 0 Å². The number of hydrogen-bond donors (Lipinski definition) is 1. The molecule has 0 fully saturated rings. The van der Waals surface area contributed by atoms with E-state index >= 15 is 0 Å². The predicted molar refractivity (Wildman–Crippen MR) is 81.5 cm³/mol. The molecule has 1 aromatic rings. The number of methoxy groups -OCH3 is 1. The number of aryl methyl sites for hydroxylation is 1. The third-order valence-corrected chi connectivity index (χ3v) is 3.18. The Balaban J connectivity index is 2.65. The summed E-state index contributed by atoms with van der Waals surface area (Å²) >= 11 is 0. The van der Waals surface area contributed by atoms with Gasteiger partial charge in [-0.1, -0.05) is 13.8 Å². The van der Waals surface area contributed by atoms with Crippen molar-refractivity contribution < 1.29 is 14.3 Å². The fourth-order valence-electron chi connectivity index (χ4n) is 1.75. The van der Waals surface area contributed by atoms with Crippen molar-refractivity contribution in [3.05, 3.63) is 17.5 Å². The molecule has 0 aliphatic carbocycles. The Hall–Kier alpha value is -1.69. The largest absolute Gasteiger partial charge is 0.462 e. The minimum absolute atomic E-state index is 0.0765. The number of carbonyl (C=O) groups excluding carboxylic acids is 1. The van der Waals surface area contributed by atoms with Crippen LogP contribution in [0.2, 0.25) is 0 Å². The first-order valence-electron chi connectivity index (χ1n) is 7.13. The Kier molecular flexibility index (Phi) is 6.55. The SMILES string of the molecule is CCOC(=O)c1cnc(NCC(C)(C)CCOC)nc1C. The van der Waals surface area contributed by atoms with Gasteiger partial charge in [-0.25, -0.2) is 14.8 Å². The molecule has 0 bridgehead atoms. The van der Waals surface area contributed by atoms with Gasteiger partial charge in [0.1, 0.15) is 0 Å². The highest BCUT2D eigenvalue weighted by Gasteiger charge is 2.18. The van der Waals surface area contributed by atoms with Gasteiger partial charge in [-0.15, -0.1) is 0 Å². The monoisotopic (exact) mass is 295 g/mol. The zero-order valence-electron chi connectivity index (χ0n) is 13.5. The van der Waals surface area contributed by atoms with Crippen molar-refractivity contribution in [2.24, 2.45) is 5.41 Å². The third kappa shape index (κ3) is 5.67. The molecule has 0 unspecified atom stereocenters. The summed E-state index contributed by atoms with van der Waals surface area (Å²) in [4.78, 5) is 20.2. The van der Waals surface area contributed by atoms with Crippen molar-refractivity contribution in [2.75, 3.05) is 32.2 Å². The van der Waals surface area contributed by atoms with E-state index in [1.165, 1.54) is 6.20 Å². The van der Waals surface area contributed by atoms with E-state index in [-0.39, 0.29) is 11.4 Å². The highest BCUT2D eigenvalue weighted by Crippen LogP contribution is 2.20. The van der Waals surface area contributed by atoms with Gasteiger partial charge in [-0.3, -0.25) is 0 Å². The van der Waals surface area contributed by atoms with Crippen molar-refractivity contribution in [3.8, 4) is 0 Å². The number of anilines is 1. The number of nitrogens with one attached hydrogen (secondary N) is 1. The van der Waals surface area contributed by atoms with Crippen LogP contribution in [0.4, 0.5) is 5.95 Å². The number of ether oxygens (including phenoxy) is 2. The molecule has 0 aliphatic heterocycles. The van der Waals surface area contributed by atoms with Crippen LogP contribution in [0.3, 0.4) is 0 Å². The molecule has 6 heteroatoms. The highest BCUT2D eigenvalue weighted by atomic mass is 16.5. The number of esters is 1. The van der Waals surface area contributed by atoms with Gasteiger partial charge >= 0.3 is 5.97 Å². The lowest BCUT2D eigenvalue weighted by Gasteiger charge is -2.24. The number of rotatable bonds is 8. The Bertz CT molecular complexity index is 475. The summed E-state index contributed by atoms with van der Waals surface area (Å²) in [6, 6.07) is 0. The molecule has 1 N–H and O–H groups in total. The van der Waals surface area contributed by atoms with Crippen LogP contribution in [0.5, 0.6) is 0 Å². The molecule has 1 aromatic heterocycles. The van der Waals surface area contributed by atoms with Crippen LogP contribution in [0.25, 0.3) is 0 Å². The van der Waals surface area contributed by atoms with Crippen LogP contribution in [0, 0.1) is 12.3 Å². The first kappa shape index (κ1) is 17.4. The zero-order valence-corrected chi connectivity index (χ0v) is 13.5. The van der Waals surface area contributed by atoms with Gasteiger partial charge in [-0.05, 0) is 25.7 Å². The first-order chi connectivity index (χ1) is 9.89. The summed E-state index contributed by atoms with van der Waals surface area (Å²) in [5, 5.41) is 3.20. The predicted octanol–water partition coefficient (Wildman–Crippen LogP) is 2.44. The Morgan fingerprint density at radius 3 is 2.71 bits per heavy atom. The molecular weight excluding hydrogens is 270 g/mol. The molecule has 118 valence electrons. The van der Waals surface area contributed by atoms with Crippen LogP contribution < -0.4 is 5.32 Å². The maximum absolute atomic E-state index is 11.7. The quantitative estimate of drug-likeness (QED) is 0.743. The second-order valence-electron chi connectivity index (χ2n) is 5.67. The molecule has 0 saturated heterocycles. The molecule has 0 aromatic carbocycles. The molecular formula is C15H25N3O3. The molecule has 21 heavy (non-hydrogen) atoms. The Morgan fingerprint density at radius 1 is 1.43 bits per heavy atom. The van der Waals surface area contributed by atoms with Crippen LogP contribution >= 0.6 is 0 Å². The third-order valence-electron chi connectivity index (χ3n) is 3.18. The van der Waals surface area contributed by atoms with Crippen LogP contribution in [0.1, 0.15) is 43.2 Å². The second kappa shape index (κ2) is 7.93. The first-order valence-corrected chi connectivity index (χ1v) is 7.13. The van der Waals surface area contributed by atoms with E-state index in [1.54, 1.807) is 21.0 Å². The fraction of sp³-hybridized carbons (Fsp3) is 0.667. The minimum atomic E-state index is -0.387. The van der Waals surface area contributed by atoms with E-state index < -0.39 is 0 Å². The number of hydrogen-bond acceptors (Lipinski definition) is 6. The standard InChI is InChI=1S/C15H25N3O3/c1-6-21-13(19)12-9-16-14(18-11(12)2)17-10-15(3,4)7-8-20-5/h9H,6-8,10H2,1-5H3,(H,16,17,18). The average molecular weight is 295 g/mol. The van der Waals surface area contributed by atoms with Gasteiger partial charge in [0, 0.05) is 26.5 Å². The van der Waals surface area contributed by atoms with Gasteiger partial charge in [0.2, 0.25) is 5.95 Å². The van der Waals surface area contributed by atoms with Crippen LogP contribution in [-0.2, 0) is 9.47 Å². The zero-order chi connectivity index (χ0) is 15.9. The number of aromatic nitrogens is 2. The molecule has 0 amide bonds. The van der Waals surface area contributed by atoms with E-state index in [1.807, 2.05) is 0 Å². The van der Waals surface area contributed by atoms with E-state index in [0.29, 0.717) is 23.8 Å². The normalized spacial score (nSPS) is 11.3. The summed E-state index contributed by atoms with van der Waals surface area (Å²) < 4.78 is 10.1. The summed E-state index contributed by atoms with van der Waals surface area (Å²) in [5.41, 5.74) is 1.09. The molecule has 0 saturated carbocycles. The highest BCUT2D eigenvalue weighted by molar-refractivity contribution is 5.90. The van der Waals surface area contributed by atoms with E-state index in [0.717, 1.165) is 19.6 Å². The maximum Gasteiger partial charge on any atom is 0.341 e. The topological polar surface area (TPSA) is 73.3 Å². The van der Waals surface area contributed by atoms with Crippen LogP contribution in [0.15, 0.2) is 6.20 Å². The van der Waals surface area contributed by atoms with Crippen molar-refractivity contribution in [3.63, 3.8) is 0 Å². The molecule has 0 radical (unpaired) electrons. The van der Waals surface area contributed by atoms with Crippen molar-refractivity contribution >= 4 is 11.9 Å². The molecule has 0 spiro atoms. The van der Waals surface area contributed by atoms with Gasteiger partial charge in [0.05, 0.1) is 17.9 Å². The summed E-state index contributed by atoms with van der Waals surface area (Å²) in [6.45, 7) is 9.63. The van der Waals surface area contributed by atoms with Crippen LogP contribution in [-0.4, -0.2) is 42.8 Å². The molecule has 6 nitrogen and oxygen atoms in total. The maximum atomic E-state index is 11.7. The number of nitrogens with zero attached hydrogens (tertiary/aromatic N) is 2. The average Bonchev–Trinajstić information content (AvgIpc) is 2.43. The lowest BCUT2D eigenvalue weighted by Crippen LogP contribution is -2.25. The van der Waals surface area contributed by atoms with Crippen molar-refractivity contribution in [2.45, 2.75) is 34.1 Å². The summed E-state index contributed by atoms with van der Waals surface area (Å²) in [6.07, 6.45) is 2.45. The summed E-state index contributed by atoms with van der Waals surface area (Å²) in [7, 11) is 1.70. The Labute approximate surface area is 126 Å². The van der Waals surface area contributed by atoms with Crippen molar-refractivity contribution in [1.82, 2.24) is 9.97 Å². The van der Waals surface area contributed by atoms with Crippen molar-refractivity contribution in [1.29, 1.82) is 0 Å². The van der Waals surface area contributed by atoms with E-state index in [2.05, 4.69) is 29.1 Å². The lowest BCUT2D eigenvalue weighted by atomic mass is 9.90. The minimum Gasteiger partial charge on any atom is -0.462 e. The fourth-order valence-corrected chi connectivity index (χ4v) is 1.75. The molecule has 1 heterocycles. The van der Waals surface area contributed by atoms with Gasteiger partial charge < -0.3 is 14.8 Å². The second-order valence-corrected chi connectivity index (χ2v) is 5.67. The van der Waals surface area contributed by atoms with E-state index in [9.17, 15) is 4.79 Å². The summed E-state index contributed by atoms with van der Waals surface area (Å²) in [5.74, 6) is 0.132. The molecule has 0 aliphatic rings. The van der Waals surface area contributed by atoms with E-state index in [4.69, 9.17) is 9.47 Å². The number of carbonyl (C=O) groups is 1.